The molecule has 0 fully saturated rings. The van der Waals surface area contributed by atoms with Crippen LogP contribution in [-0.2, 0) is 27.4 Å². The fourth-order valence-corrected chi connectivity index (χ4v) is 3.99. The molecule has 222 valence electrons. The highest BCUT2D eigenvalue weighted by atomic mass is 16.6. The second-order valence-electron chi connectivity index (χ2n) is 11.6. The molecule has 0 atom stereocenters. The van der Waals surface area contributed by atoms with Crippen molar-refractivity contribution in [1.29, 1.82) is 0 Å². The molecule has 0 aliphatic rings. The summed E-state index contributed by atoms with van der Waals surface area (Å²) in [7, 11) is 1.57. The van der Waals surface area contributed by atoms with E-state index in [1.807, 2.05) is 36.4 Å². The lowest BCUT2D eigenvalue weighted by molar-refractivity contribution is 0.0232. The highest BCUT2D eigenvalue weighted by Gasteiger charge is 2.26. The maximum atomic E-state index is 13.2. The summed E-state index contributed by atoms with van der Waals surface area (Å²) in [5, 5.41) is 3.46. The molecular formula is C31H41N3O7. The molecule has 0 saturated heterocycles. The number of hydrogen-bond donors (Lipinski definition) is 1. The number of amides is 2. The molecule has 3 rings (SSSR count). The van der Waals surface area contributed by atoms with Crippen LogP contribution in [0.2, 0.25) is 0 Å². The summed E-state index contributed by atoms with van der Waals surface area (Å²) in [5.74, 6) is 0.614. The van der Waals surface area contributed by atoms with Crippen LogP contribution in [0.3, 0.4) is 0 Å². The normalized spacial score (nSPS) is 11.6. The van der Waals surface area contributed by atoms with E-state index in [1.54, 1.807) is 71.9 Å². The van der Waals surface area contributed by atoms with Gasteiger partial charge in [-0.1, -0.05) is 30.3 Å². The number of hydrogen-bond acceptors (Lipinski definition) is 7. The minimum atomic E-state index is -0.706. The van der Waals surface area contributed by atoms with Crippen LogP contribution in [0.5, 0.6) is 5.75 Å². The van der Waals surface area contributed by atoms with E-state index >= 15 is 0 Å². The fourth-order valence-electron chi connectivity index (χ4n) is 3.99. The average molecular weight is 568 g/mol. The summed E-state index contributed by atoms with van der Waals surface area (Å²) >= 11 is 0. The Labute approximate surface area is 241 Å². The largest absolute Gasteiger partial charge is 0.497 e. The van der Waals surface area contributed by atoms with E-state index in [2.05, 4.69) is 5.32 Å². The molecule has 0 radical (unpaired) electrons. The van der Waals surface area contributed by atoms with Crippen molar-refractivity contribution in [2.24, 2.45) is 0 Å². The zero-order valence-electron chi connectivity index (χ0n) is 25.0. The minimum Gasteiger partial charge on any atom is -0.497 e. The van der Waals surface area contributed by atoms with Crippen LogP contribution in [0.25, 0.3) is 10.9 Å². The van der Waals surface area contributed by atoms with Crippen molar-refractivity contribution in [3.05, 3.63) is 65.9 Å². The van der Waals surface area contributed by atoms with Crippen molar-refractivity contribution in [2.45, 2.75) is 72.3 Å². The van der Waals surface area contributed by atoms with Gasteiger partial charge in [-0.2, -0.15) is 0 Å². The van der Waals surface area contributed by atoms with E-state index in [4.69, 9.17) is 18.9 Å². The van der Waals surface area contributed by atoms with Crippen LogP contribution in [0, 0.1) is 0 Å². The van der Waals surface area contributed by atoms with E-state index in [0.717, 1.165) is 10.9 Å². The third kappa shape index (κ3) is 9.73. The van der Waals surface area contributed by atoms with Gasteiger partial charge in [0.15, 0.2) is 0 Å². The van der Waals surface area contributed by atoms with Gasteiger partial charge < -0.3 is 29.2 Å². The maximum absolute atomic E-state index is 13.2. The summed E-state index contributed by atoms with van der Waals surface area (Å²) in [6.07, 6.45) is 0.555. The fraction of sp³-hybridized carbons (Fsp3) is 0.452. The first kappa shape index (κ1) is 31.3. The van der Waals surface area contributed by atoms with Gasteiger partial charge in [-0.15, -0.1) is 0 Å². The number of nitrogens with one attached hydrogen (secondary N) is 1. The predicted octanol–water partition coefficient (Wildman–Crippen LogP) is 6.49. The average Bonchev–Trinajstić information content (AvgIpc) is 3.25. The van der Waals surface area contributed by atoms with Gasteiger partial charge in [0, 0.05) is 24.7 Å². The second-order valence-corrected chi connectivity index (χ2v) is 11.6. The van der Waals surface area contributed by atoms with Gasteiger partial charge in [0.05, 0.1) is 19.2 Å². The molecule has 0 spiro atoms. The van der Waals surface area contributed by atoms with E-state index in [-0.39, 0.29) is 19.7 Å². The predicted molar refractivity (Wildman–Crippen MR) is 156 cm³/mol. The summed E-state index contributed by atoms with van der Waals surface area (Å²) in [6.45, 7) is 11.7. The van der Waals surface area contributed by atoms with Crippen molar-refractivity contribution in [1.82, 2.24) is 14.8 Å². The molecule has 2 amide bonds. The Hall–Kier alpha value is -4.21. The van der Waals surface area contributed by atoms with Crippen LogP contribution < -0.4 is 10.1 Å². The van der Waals surface area contributed by atoms with E-state index < -0.39 is 29.5 Å². The Morgan fingerprint density at radius 1 is 0.927 bits per heavy atom. The number of carbonyl (C=O) groups excluding carboxylic acids is 3. The van der Waals surface area contributed by atoms with Crippen LogP contribution in [-0.4, -0.2) is 59.1 Å². The Bertz CT molecular complexity index is 1340. The number of benzene rings is 2. The number of alkyl carbamates (subject to hydrolysis) is 1. The number of carbonyl (C=O) groups is 3. The van der Waals surface area contributed by atoms with Crippen molar-refractivity contribution in [3.8, 4) is 5.75 Å². The molecule has 0 unspecified atom stereocenters. The Balaban J connectivity index is 1.75. The summed E-state index contributed by atoms with van der Waals surface area (Å²) in [4.78, 5) is 39.9. The monoisotopic (exact) mass is 567 g/mol. The van der Waals surface area contributed by atoms with Gasteiger partial charge in [0.25, 0.3) is 0 Å². The Morgan fingerprint density at radius 3 is 2.24 bits per heavy atom. The van der Waals surface area contributed by atoms with Crippen LogP contribution >= 0.6 is 0 Å². The minimum absolute atomic E-state index is 0.160. The first-order chi connectivity index (χ1) is 19.3. The van der Waals surface area contributed by atoms with Gasteiger partial charge in [0.1, 0.15) is 23.6 Å². The van der Waals surface area contributed by atoms with Crippen molar-refractivity contribution in [2.75, 3.05) is 20.2 Å². The highest BCUT2D eigenvalue weighted by molar-refractivity contribution is 5.93. The molecule has 10 nitrogen and oxygen atoms in total. The van der Waals surface area contributed by atoms with Crippen LogP contribution in [0.1, 0.15) is 59.1 Å². The van der Waals surface area contributed by atoms with Crippen LogP contribution in [0.4, 0.5) is 14.4 Å². The summed E-state index contributed by atoms with van der Waals surface area (Å²) in [5.41, 5.74) is 0.842. The number of fused-ring (bicyclic) bond motifs is 1. The SMILES string of the molecule is COc1ccc2c(c1)c(CN(CCCNC(=O)OCc1ccccc1)C(=O)OC(C)(C)C)cn2C(=O)OC(C)(C)C. The molecule has 3 aromatic rings. The van der Waals surface area contributed by atoms with Crippen molar-refractivity contribution >= 4 is 29.2 Å². The number of aromatic nitrogens is 1. The first-order valence-corrected chi connectivity index (χ1v) is 13.6. The lowest BCUT2D eigenvalue weighted by Crippen LogP contribution is -2.38. The molecule has 10 heteroatoms. The lowest BCUT2D eigenvalue weighted by Gasteiger charge is -2.27. The number of rotatable bonds is 9. The number of ether oxygens (including phenoxy) is 4. The molecule has 0 aliphatic heterocycles. The molecule has 0 bridgehead atoms. The van der Waals surface area contributed by atoms with Gasteiger partial charge in [-0.3, -0.25) is 4.57 Å². The Kier molecular flexibility index (Phi) is 10.3. The third-order valence-electron chi connectivity index (χ3n) is 5.78. The highest BCUT2D eigenvalue weighted by Crippen LogP contribution is 2.28. The lowest BCUT2D eigenvalue weighted by atomic mass is 10.1. The van der Waals surface area contributed by atoms with E-state index in [0.29, 0.717) is 29.8 Å². The van der Waals surface area contributed by atoms with Gasteiger partial charge in [0.2, 0.25) is 0 Å². The van der Waals surface area contributed by atoms with Gasteiger partial charge >= 0.3 is 18.3 Å². The Morgan fingerprint density at radius 2 is 1.61 bits per heavy atom. The number of nitrogens with zero attached hydrogens (tertiary/aromatic N) is 2. The molecule has 2 aromatic carbocycles. The van der Waals surface area contributed by atoms with E-state index in [9.17, 15) is 14.4 Å². The topological polar surface area (TPSA) is 108 Å². The zero-order chi connectivity index (χ0) is 30.2. The molecule has 1 heterocycles. The smallest absolute Gasteiger partial charge is 0.419 e. The van der Waals surface area contributed by atoms with Crippen molar-refractivity contribution < 1.29 is 33.3 Å². The van der Waals surface area contributed by atoms with Gasteiger partial charge in [-0.25, -0.2) is 14.4 Å². The first-order valence-electron chi connectivity index (χ1n) is 13.6. The van der Waals surface area contributed by atoms with E-state index in [1.165, 1.54) is 4.57 Å². The third-order valence-corrected chi connectivity index (χ3v) is 5.78. The second kappa shape index (κ2) is 13.4. The van der Waals surface area contributed by atoms with Crippen LogP contribution in [0.15, 0.2) is 54.7 Å². The molecular weight excluding hydrogens is 526 g/mol. The molecule has 1 aromatic heterocycles. The molecule has 0 aliphatic carbocycles. The number of methoxy groups -OCH3 is 1. The quantitative estimate of drug-likeness (QED) is 0.233. The zero-order valence-corrected chi connectivity index (χ0v) is 25.0. The summed E-state index contributed by atoms with van der Waals surface area (Å²) < 4.78 is 23.4. The van der Waals surface area contributed by atoms with Crippen molar-refractivity contribution in [3.63, 3.8) is 0 Å². The maximum Gasteiger partial charge on any atom is 0.419 e. The van der Waals surface area contributed by atoms with Gasteiger partial charge in [-0.05, 0) is 77.3 Å². The summed E-state index contributed by atoms with van der Waals surface area (Å²) in [6, 6.07) is 14.8. The molecule has 0 saturated carbocycles. The molecule has 41 heavy (non-hydrogen) atoms. The molecule has 1 N–H and O–H groups in total. The standard InChI is InChI=1S/C31H41N3O7/c1-30(2,3)40-28(36)33(17-11-16-32-27(35)39-21-22-12-9-8-10-13-22)19-23-20-34(29(37)41-31(4,5)6)26-15-14-24(38-7)18-25(23)26/h8-10,12-15,18,20H,11,16-17,19,21H2,1-7H3,(H,32,35).